The van der Waals surface area contributed by atoms with Gasteiger partial charge in [-0.2, -0.15) is 4.98 Å². The van der Waals surface area contributed by atoms with E-state index in [1.54, 1.807) is 12.1 Å². The Hall–Kier alpha value is -3.59. The summed E-state index contributed by atoms with van der Waals surface area (Å²) in [5.41, 5.74) is 1.21. The third-order valence-corrected chi connectivity index (χ3v) is 4.33. The first-order chi connectivity index (χ1) is 14.6. The van der Waals surface area contributed by atoms with Gasteiger partial charge in [0.15, 0.2) is 11.5 Å². The maximum atomic E-state index is 12.3. The molecule has 1 atom stereocenters. The molecule has 0 amide bonds. The van der Waals surface area contributed by atoms with Crippen LogP contribution in [0.1, 0.15) is 24.4 Å². The Balaban J connectivity index is 1.77. The van der Waals surface area contributed by atoms with Gasteiger partial charge in [0, 0.05) is 0 Å². The quantitative estimate of drug-likeness (QED) is 0.511. The van der Waals surface area contributed by atoms with Crippen molar-refractivity contribution in [1.82, 2.24) is 15.5 Å². The number of esters is 1. The maximum absolute atomic E-state index is 12.3. The number of para-hydroxylation sites is 1. The van der Waals surface area contributed by atoms with Crippen molar-refractivity contribution in [1.29, 1.82) is 0 Å². The Labute approximate surface area is 173 Å². The van der Waals surface area contributed by atoms with Crippen LogP contribution in [0.5, 0.6) is 17.2 Å². The number of aromatic nitrogens is 2. The molecule has 0 bridgehead atoms. The molecule has 0 aliphatic rings. The van der Waals surface area contributed by atoms with Crippen molar-refractivity contribution in [2.45, 2.75) is 19.5 Å². The molecular formula is C21H23N3O6. The number of nitrogens with one attached hydrogen (secondary N) is 1. The van der Waals surface area contributed by atoms with Crippen molar-refractivity contribution >= 4 is 5.97 Å². The van der Waals surface area contributed by atoms with E-state index in [1.807, 2.05) is 31.2 Å². The van der Waals surface area contributed by atoms with Crippen LogP contribution < -0.4 is 14.8 Å². The van der Waals surface area contributed by atoms with E-state index in [0.717, 1.165) is 0 Å². The highest BCUT2D eigenvalue weighted by Crippen LogP contribution is 2.30. The van der Waals surface area contributed by atoms with Crippen LogP contribution in [0.25, 0.3) is 11.4 Å². The first-order valence-electron chi connectivity index (χ1n) is 9.30. The van der Waals surface area contributed by atoms with Gasteiger partial charge >= 0.3 is 5.97 Å². The SMILES string of the molecule is CCOc1ccccc1-c1noc(CN[C@H](C(=O)OC)c2ccc(OC)c(O)c2)n1. The number of nitrogens with zero attached hydrogens (tertiary/aromatic N) is 2. The molecule has 3 rings (SSSR count). The van der Waals surface area contributed by atoms with Crippen LogP contribution >= 0.6 is 0 Å². The molecule has 2 aromatic carbocycles. The van der Waals surface area contributed by atoms with Gasteiger partial charge in [-0.05, 0) is 36.8 Å². The largest absolute Gasteiger partial charge is 0.504 e. The number of benzene rings is 2. The summed E-state index contributed by atoms with van der Waals surface area (Å²) < 4.78 is 20.8. The number of hydrogen-bond donors (Lipinski definition) is 2. The van der Waals surface area contributed by atoms with Crippen LogP contribution in [0.3, 0.4) is 0 Å². The number of rotatable bonds is 9. The minimum Gasteiger partial charge on any atom is -0.504 e. The summed E-state index contributed by atoms with van der Waals surface area (Å²) >= 11 is 0. The number of phenols is 1. The zero-order valence-corrected chi connectivity index (χ0v) is 16.9. The van der Waals surface area contributed by atoms with E-state index in [2.05, 4.69) is 15.5 Å². The molecule has 3 aromatic rings. The van der Waals surface area contributed by atoms with Crippen molar-refractivity contribution in [2.24, 2.45) is 0 Å². The monoisotopic (exact) mass is 413 g/mol. The number of ether oxygens (including phenoxy) is 3. The van der Waals surface area contributed by atoms with Crippen molar-refractivity contribution < 1.29 is 28.6 Å². The molecule has 0 unspecified atom stereocenters. The van der Waals surface area contributed by atoms with Gasteiger partial charge in [-0.3, -0.25) is 5.32 Å². The van der Waals surface area contributed by atoms with Gasteiger partial charge in [-0.15, -0.1) is 0 Å². The number of hydrogen-bond acceptors (Lipinski definition) is 9. The summed E-state index contributed by atoms with van der Waals surface area (Å²) in [7, 11) is 2.73. The number of carbonyl (C=O) groups excluding carboxylic acids is 1. The molecule has 0 saturated heterocycles. The molecule has 9 nitrogen and oxygen atoms in total. The fourth-order valence-corrected chi connectivity index (χ4v) is 2.90. The Bertz CT molecular complexity index is 1000. The predicted octanol–water partition coefficient (Wildman–Crippen LogP) is 2.85. The average molecular weight is 413 g/mol. The predicted molar refractivity (Wildman–Crippen MR) is 107 cm³/mol. The van der Waals surface area contributed by atoms with Crippen LogP contribution in [-0.4, -0.2) is 42.0 Å². The Morgan fingerprint density at radius 2 is 2.00 bits per heavy atom. The molecule has 0 radical (unpaired) electrons. The van der Waals surface area contributed by atoms with E-state index >= 15 is 0 Å². The van der Waals surface area contributed by atoms with Gasteiger partial charge < -0.3 is 23.8 Å². The van der Waals surface area contributed by atoms with E-state index < -0.39 is 12.0 Å². The van der Waals surface area contributed by atoms with E-state index in [4.69, 9.17) is 18.7 Å². The first-order valence-corrected chi connectivity index (χ1v) is 9.30. The number of carbonyl (C=O) groups is 1. The Morgan fingerprint density at radius 1 is 1.20 bits per heavy atom. The van der Waals surface area contributed by atoms with Crippen LogP contribution in [0, 0.1) is 0 Å². The van der Waals surface area contributed by atoms with Crippen LogP contribution in [0.15, 0.2) is 47.0 Å². The van der Waals surface area contributed by atoms with Crippen molar-refractivity contribution in [3.05, 3.63) is 53.9 Å². The van der Waals surface area contributed by atoms with Crippen molar-refractivity contribution in [3.8, 4) is 28.6 Å². The number of phenolic OH excluding ortho intramolecular Hbond substituents is 1. The average Bonchev–Trinajstić information content (AvgIpc) is 3.23. The fraction of sp³-hybridized carbons (Fsp3) is 0.286. The van der Waals surface area contributed by atoms with Gasteiger partial charge in [0.05, 0.1) is 32.9 Å². The lowest BCUT2D eigenvalue weighted by molar-refractivity contribution is -0.143. The molecule has 0 saturated carbocycles. The normalized spacial score (nSPS) is 11.7. The molecular weight excluding hydrogens is 390 g/mol. The standard InChI is InChI=1S/C21H23N3O6/c1-4-29-16-8-6-5-7-14(16)20-23-18(30-24-20)12-22-19(21(26)28-3)13-9-10-17(27-2)15(25)11-13/h5-11,19,22,25H,4,12H2,1-3H3/t19-/m0/s1. The van der Waals surface area contributed by atoms with E-state index in [0.29, 0.717) is 35.1 Å². The van der Waals surface area contributed by atoms with Crippen LogP contribution in [0.2, 0.25) is 0 Å². The molecule has 158 valence electrons. The Morgan fingerprint density at radius 3 is 2.70 bits per heavy atom. The molecule has 0 aliphatic carbocycles. The lowest BCUT2D eigenvalue weighted by Gasteiger charge is -2.16. The summed E-state index contributed by atoms with van der Waals surface area (Å²) in [5.74, 6) is 1.01. The second-order valence-electron chi connectivity index (χ2n) is 6.21. The topological polar surface area (TPSA) is 116 Å². The van der Waals surface area contributed by atoms with Gasteiger partial charge in [0.1, 0.15) is 11.8 Å². The Kier molecular flexibility index (Phi) is 6.87. The highest BCUT2D eigenvalue weighted by molar-refractivity contribution is 5.78. The molecule has 0 fully saturated rings. The zero-order chi connectivity index (χ0) is 21.5. The van der Waals surface area contributed by atoms with E-state index in [-0.39, 0.29) is 18.2 Å². The third kappa shape index (κ3) is 4.69. The second kappa shape index (κ2) is 9.75. The molecule has 9 heteroatoms. The fourth-order valence-electron chi connectivity index (χ4n) is 2.90. The number of aromatic hydroxyl groups is 1. The molecule has 30 heavy (non-hydrogen) atoms. The smallest absolute Gasteiger partial charge is 0.327 e. The van der Waals surface area contributed by atoms with Crippen molar-refractivity contribution in [3.63, 3.8) is 0 Å². The minimum absolute atomic E-state index is 0.0849. The summed E-state index contributed by atoms with van der Waals surface area (Å²) in [6.07, 6.45) is 0. The molecule has 2 N–H and O–H groups in total. The van der Waals surface area contributed by atoms with Gasteiger partial charge in [-0.1, -0.05) is 23.4 Å². The second-order valence-corrected chi connectivity index (χ2v) is 6.21. The summed E-state index contributed by atoms with van der Waals surface area (Å²) in [4.78, 5) is 16.6. The highest BCUT2D eigenvalue weighted by Gasteiger charge is 2.23. The van der Waals surface area contributed by atoms with Crippen molar-refractivity contribution in [2.75, 3.05) is 20.8 Å². The summed E-state index contributed by atoms with van der Waals surface area (Å²) in [6, 6.07) is 11.2. The maximum Gasteiger partial charge on any atom is 0.327 e. The first kappa shape index (κ1) is 21.1. The summed E-state index contributed by atoms with van der Waals surface area (Å²) in [5, 5.41) is 17.0. The highest BCUT2D eigenvalue weighted by atomic mass is 16.5. The van der Waals surface area contributed by atoms with Crippen LogP contribution in [-0.2, 0) is 16.1 Å². The third-order valence-electron chi connectivity index (χ3n) is 4.33. The number of methoxy groups -OCH3 is 2. The van der Waals surface area contributed by atoms with E-state index in [1.165, 1.54) is 20.3 Å². The molecule has 1 heterocycles. The summed E-state index contributed by atoms with van der Waals surface area (Å²) in [6.45, 7) is 2.52. The lowest BCUT2D eigenvalue weighted by atomic mass is 10.1. The van der Waals surface area contributed by atoms with Crippen LogP contribution in [0.4, 0.5) is 0 Å². The van der Waals surface area contributed by atoms with Gasteiger partial charge in [-0.25, -0.2) is 4.79 Å². The zero-order valence-electron chi connectivity index (χ0n) is 16.9. The molecule has 1 aromatic heterocycles. The molecule has 0 aliphatic heterocycles. The lowest BCUT2D eigenvalue weighted by Crippen LogP contribution is -2.29. The van der Waals surface area contributed by atoms with Gasteiger partial charge in [0.2, 0.25) is 11.7 Å². The van der Waals surface area contributed by atoms with Gasteiger partial charge in [0.25, 0.3) is 0 Å². The minimum atomic E-state index is -0.849. The van der Waals surface area contributed by atoms with E-state index in [9.17, 15) is 9.90 Å². The molecule has 0 spiro atoms.